The number of ether oxygens (including phenoxy) is 1. The molecule has 0 N–H and O–H groups in total. The van der Waals surface area contributed by atoms with Gasteiger partial charge in [-0.2, -0.15) is 5.26 Å². The minimum absolute atomic E-state index is 0.0821. The van der Waals surface area contributed by atoms with Crippen molar-refractivity contribution in [2.45, 2.75) is 45.6 Å². The van der Waals surface area contributed by atoms with E-state index in [1.807, 2.05) is 26.1 Å². The van der Waals surface area contributed by atoms with Crippen molar-refractivity contribution >= 4 is 16.9 Å². The van der Waals surface area contributed by atoms with Gasteiger partial charge in [0, 0.05) is 6.20 Å². The van der Waals surface area contributed by atoms with Crippen LogP contribution < -0.4 is 0 Å². The van der Waals surface area contributed by atoms with Crippen molar-refractivity contribution in [2.24, 2.45) is 5.92 Å². The van der Waals surface area contributed by atoms with Gasteiger partial charge in [-0.1, -0.05) is 24.3 Å². The van der Waals surface area contributed by atoms with Gasteiger partial charge in [0.25, 0.3) is 0 Å². The average molecular weight is 362 g/mol. The first-order valence-electron chi connectivity index (χ1n) is 9.20. The van der Waals surface area contributed by atoms with E-state index in [0.717, 1.165) is 22.8 Å². The normalized spacial score (nSPS) is 18.9. The standard InChI is InChI=1S/C22H22N2OS/c1-14(2)25-20-10-9-16(11-17(20)12-23)22-24-13-21(26-22)19-8-4-6-15-5-3-7-18(15)19/h4,6,8-10,13-14,17H,3,5,7,11H2,1-2H3. The Balaban J connectivity index is 1.63. The smallest absolute Gasteiger partial charge is 0.119 e. The molecule has 1 heterocycles. The highest BCUT2D eigenvalue weighted by Gasteiger charge is 2.24. The fraction of sp³-hybridized carbons (Fsp3) is 0.364. The van der Waals surface area contributed by atoms with Crippen LogP contribution in [0, 0.1) is 17.2 Å². The molecule has 0 bridgehead atoms. The summed E-state index contributed by atoms with van der Waals surface area (Å²) < 4.78 is 5.78. The van der Waals surface area contributed by atoms with Crippen molar-refractivity contribution in [1.29, 1.82) is 5.26 Å². The number of nitriles is 1. The van der Waals surface area contributed by atoms with Crippen molar-refractivity contribution in [3.63, 3.8) is 0 Å². The molecule has 1 aromatic heterocycles. The molecule has 4 rings (SSSR count). The first-order chi connectivity index (χ1) is 12.7. The van der Waals surface area contributed by atoms with E-state index in [1.165, 1.54) is 34.4 Å². The van der Waals surface area contributed by atoms with Crippen molar-refractivity contribution in [2.75, 3.05) is 0 Å². The SMILES string of the molecule is CC(C)OC1=CC=C(c2ncc(-c3cccc4c3CCC4)s2)CC1C#N. The molecule has 2 aliphatic rings. The maximum atomic E-state index is 9.51. The van der Waals surface area contributed by atoms with Crippen LogP contribution in [-0.4, -0.2) is 11.1 Å². The Morgan fingerprint density at radius 3 is 2.96 bits per heavy atom. The lowest BCUT2D eigenvalue weighted by Crippen LogP contribution is -2.13. The Kier molecular flexibility index (Phi) is 4.65. The summed E-state index contributed by atoms with van der Waals surface area (Å²) in [6, 6.07) is 8.99. The molecule has 1 unspecified atom stereocenters. The molecule has 1 aromatic carbocycles. The number of rotatable bonds is 4. The highest BCUT2D eigenvalue weighted by Crippen LogP contribution is 2.39. The molecule has 26 heavy (non-hydrogen) atoms. The fourth-order valence-corrected chi connectivity index (χ4v) is 4.75. The van der Waals surface area contributed by atoms with Crippen LogP contribution in [0.4, 0.5) is 0 Å². The summed E-state index contributed by atoms with van der Waals surface area (Å²) >= 11 is 1.73. The van der Waals surface area contributed by atoms with E-state index in [2.05, 4.69) is 35.3 Å². The monoisotopic (exact) mass is 362 g/mol. The first kappa shape index (κ1) is 17.1. The molecule has 0 fully saturated rings. The second kappa shape index (κ2) is 7.09. The predicted molar refractivity (Wildman–Crippen MR) is 106 cm³/mol. The number of hydrogen-bond acceptors (Lipinski definition) is 4. The van der Waals surface area contributed by atoms with Crippen LogP contribution in [0.2, 0.25) is 0 Å². The molecule has 2 aliphatic carbocycles. The minimum Gasteiger partial charge on any atom is -0.494 e. The molecule has 0 spiro atoms. The predicted octanol–water partition coefficient (Wildman–Crippen LogP) is 5.53. The number of hydrogen-bond donors (Lipinski definition) is 0. The highest BCUT2D eigenvalue weighted by molar-refractivity contribution is 7.16. The quantitative estimate of drug-likeness (QED) is 0.718. The summed E-state index contributed by atoms with van der Waals surface area (Å²) in [6.45, 7) is 3.97. The van der Waals surface area contributed by atoms with Crippen LogP contribution in [0.5, 0.6) is 0 Å². The van der Waals surface area contributed by atoms with Gasteiger partial charge in [-0.15, -0.1) is 11.3 Å². The van der Waals surface area contributed by atoms with Crippen molar-refractivity contribution in [1.82, 2.24) is 4.98 Å². The molecule has 0 radical (unpaired) electrons. The lowest BCUT2D eigenvalue weighted by molar-refractivity contribution is 0.129. The molecule has 0 aliphatic heterocycles. The molecular formula is C22H22N2OS. The Hall–Kier alpha value is -2.38. The third-order valence-electron chi connectivity index (χ3n) is 4.94. The molecule has 0 saturated heterocycles. The van der Waals surface area contributed by atoms with Crippen molar-refractivity contribution < 1.29 is 4.74 Å². The van der Waals surface area contributed by atoms with Crippen LogP contribution in [0.3, 0.4) is 0 Å². The van der Waals surface area contributed by atoms with Gasteiger partial charge in [-0.25, -0.2) is 4.98 Å². The lowest BCUT2D eigenvalue weighted by Gasteiger charge is -2.21. The molecule has 3 nitrogen and oxygen atoms in total. The van der Waals surface area contributed by atoms with E-state index < -0.39 is 0 Å². The van der Waals surface area contributed by atoms with Gasteiger partial charge >= 0.3 is 0 Å². The molecule has 132 valence electrons. The van der Waals surface area contributed by atoms with Gasteiger partial charge < -0.3 is 4.74 Å². The Bertz CT molecular complexity index is 930. The van der Waals surface area contributed by atoms with Gasteiger partial charge in [-0.05, 0) is 67.9 Å². The number of benzene rings is 1. The minimum atomic E-state index is -0.231. The van der Waals surface area contributed by atoms with E-state index in [1.54, 1.807) is 11.3 Å². The second-order valence-electron chi connectivity index (χ2n) is 7.14. The molecule has 0 saturated carbocycles. The van der Waals surface area contributed by atoms with Crippen LogP contribution in [0.1, 0.15) is 42.8 Å². The zero-order chi connectivity index (χ0) is 18.1. The maximum absolute atomic E-state index is 9.51. The molecule has 4 heteroatoms. The summed E-state index contributed by atoms with van der Waals surface area (Å²) in [7, 11) is 0. The van der Waals surface area contributed by atoms with Gasteiger partial charge in [0.2, 0.25) is 0 Å². The van der Waals surface area contributed by atoms with Crippen LogP contribution in [-0.2, 0) is 17.6 Å². The number of allylic oxidation sites excluding steroid dienone is 4. The third-order valence-corrected chi connectivity index (χ3v) is 6.04. The summed E-state index contributed by atoms with van der Waals surface area (Å²) in [5.74, 6) is 0.537. The Labute approximate surface area is 158 Å². The fourth-order valence-electron chi connectivity index (χ4n) is 3.75. The summed E-state index contributed by atoms with van der Waals surface area (Å²) in [4.78, 5) is 5.89. The average Bonchev–Trinajstić information content (AvgIpc) is 3.30. The molecule has 1 atom stereocenters. The van der Waals surface area contributed by atoms with Crippen LogP contribution in [0.25, 0.3) is 16.0 Å². The van der Waals surface area contributed by atoms with E-state index in [0.29, 0.717) is 6.42 Å². The maximum Gasteiger partial charge on any atom is 0.119 e. The summed E-state index contributed by atoms with van der Waals surface area (Å²) in [5, 5.41) is 10.5. The number of aryl methyl sites for hydroxylation is 1. The second-order valence-corrected chi connectivity index (χ2v) is 8.17. The Morgan fingerprint density at radius 2 is 2.15 bits per heavy atom. The number of aromatic nitrogens is 1. The molecular weight excluding hydrogens is 340 g/mol. The lowest BCUT2D eigenvalue weighted by atomic mass is 9.94. The summed E-state index contributed by atoms with van der Waals surface area (Å²) in [5.41, 5.74) is 5.42. The number of thiazole rings is 1. The number of fused-ring (bicyclic) bond motifs is 1. The largest absolute Gasteiger partial charge is 0.494 e. The van der Waals surface area contributed by atoms with Crippen LogP contribution in [0.15, 0.2) is 42.3 Å². The van der Waals surface area contributed by atoms with E-state index in [-0.39, 0.29) is 12.0 Å². The van der Waals surface area contributed by atoms with E-state index in [4.69, 9.17) is 4.74 Å². The zero-order valence-corrected chi connectivity index (χ0v) is 16.0. The highest BCUT2D eigenvalue weighted by atomic mass is 32.1. The van der Waals surface area contributed by atoms with Crippen molar-refractivity contribution in [3.8, 4) is 16.5 Å². The summed E-state index contributed by atoms with van der Waals surface area (Å²) in [6.07, 6.45) is 10.3. The van der Waals surface area contributed by atoms with E-state index >= 15 is 0 Å². The van der Waals surface area contributed by atoms with Gasteiger partial charge in [0.15, 0.2) is 0 Å². The zero-order valence-electron chi connectivity index (χ0n) is 15.2. The van der Waals surface area contributed by atoms with Gasteiger partial charge in [0.05, 0.1) is 17.1 Å². The molecule has 2 aromatic rings. The third kappa shape index (κ3) is 3.20. The van der Waals surface area contributed by atoms with Crippen LogP contribution >= 0.6 is 11.3 Å². The number of nitrogens with zero attached hydrogens (tertiary/aromatic N) is 2. The van der Waals surface area contributed by atoms with E-state index in [9.17, 15) is 5.26 Å². The topological polar surface area (TPSA) is 45.9 Å². The Morgan fingerprint density at radius 1 is 1.27 bits per heavy atom. The first-order valence-corrected chi connectivity index (χ1v) is 10.0. The molecule has 0 amide bonds. The van der Waals surface area contributed by atoms with Gasteiger partial charge in [0.1, 0.15) is 16.7 Å². The van der Waals surface area contributed by atoms with Crippen molar-refractivity contribution in [3.05, 3.63) is 58.4 Å². The van der Waals surface area contributed by atoms with Gasteiger partial charge in [-0.3, -0.25) is 0 Å².